The van der Waals surface area contributed by atoms with E-state index in [0.717, 1.165) is 55.5 Å². The third-order valence-corrected chi connectivity index (χ3v) is 5.88. The summed E-state index contributed by atoms with van der Waals surface area (Å²) < 4.78 is 28.6. The molecule has 1 amide bonds. The SMILES string of the molecule is O=C(CSc1nnc(N2CCCC2)n1-c1ccccc1Cl)Nc1ccc(F)cc1F. The number of anilines is 2. The van der Waals surface area contributed by atoms with E-state index in [2.05, 4.69) is 20.4 Å². The third-order valence-electron chi connectivity index (χ3n) is 4.64. The maximum atomic E-state index is 13.8. The number of carbonyl (C=O) groups excluding carboxylic acids is 1. The number of para-hydroxylation sites is 1. The van der Waals surface area contributed by atoms with E-state index in [0.29, 0.717) is 16.1 Å². The molecular formula is C20H18ClF2N5OS. The van der Waals surface area contributed by atoms with E-state index in [1.54, 1.807) is 6.07 Å². The number of nitrogens with zero attached hydrogens (tertiary/aromatic N) is 4. The first-order valence-electron chi connectivity index (χ1n) is 9.36. The van der Waals surface area contributed by atoms with Gasteiger partial charge in [-0.2, -0.15) is 0 Å². The van der Waals surface area contributed by atoms with Gasteiger partial charge >= 0.3 is 0 Å². The average molecular weight is 450 g/mol. The Morgan fingerprint density at radius 2 is 1.90 bits per heavy atom. The molecule has 0 atom stereocenters. The lowest BCUT2D eigenvalue weighted by molar-refractivity contribution is -0.113. The minimum absolute atomic E-state index is 0.0284. The Balaban J connectivity index is 1.55. The van der Waals surface area contributed by atoms with Gasteiger partial charge in [0.05, 0.1) is 22.2 Å². The molecular weight excluding hydrogens is 432 g/mol. The second-order valence-electron chi connectivity index (χ2n) is 6.72. The van der Waals surface area contributed by atoms with Gasteiger partial charge in [0.15, 0.2) is 5.16 Å². The van der Waals surface area contributed by atoms with E-state index in [4.69, 9.17) is 11.6 Å². The van der Waals surface area contributed by atoms with Gasteiger partial charge < -0.3 is 10.2 Å². The first-order valence-corrected chi connectivity index (χ1v) is 10.7. The van der Waals surface area contributed by atoms with Crippen molar-refractivity contribution in [1.29, 1.82) is 0 Å². The first-order chi connectivity index (χ1) is 14.5. The van der Waals surface area contributed by atoms with Crippen molar-refractivity contribution in [3.8, 4) is 5.69 Å². The molecule has 1 N–H and O–H groups in total. The van der Waals surface area contributed by atoms with Crippen molar-refractivity contribution in [1.82, 2.24) is 14.8 Å². The molecule has 1 aliphatic rings. The molecule has 0 saturated carbocycles. The predicted octanol–water partition coefficient (Wildman–Crippen LogP) is 4.53. The fraction of sp³-hybridized carbons (Fsp3) is 0.250. The highest BCUT2D eigenvalue weighted by atomic mass is 35.5. The monoisotopic (exact) mass is 449 g/mol. The highest BCUT2D eigenvalue weighted by molar-refractivity contribution is 7.99. The van der Waals surface area contributed by atoms with E-state index in [-0.39, 0.29) is 11.4 Å². The van der Waals surface area contributed by atoms with E-state index in [1.165, 1.54) is 6.07 Å². The Hall–Kier alpha value is -2.65. The van der Waals surface area contributed by atoms with Gasteiger partial charge in [0.1, 0.15) is 11.6 Å². The van der Waals surface area contributed by atoms with Crippen molar-refractivity contribution in [3.05, 3.63) is 59.1 Å². The molecule has 1 aliphatic heterocycles. The van der Waals surface area contributed by atoms with Crippen LogP contribution in [0.3, 0.4) is 0 Å². The van der Waals surface area contributed by atoms with E-state index in [9.17, 15) is 13.6 Å². The summed E-state index contributed by atoms with van der Waals surface area (Å²) in [6.45, 7) is 1.75. The number of benzene rings is 2. The molecule has 0 aliphatic carbocycles. The summed E-state index contributed by atoms with van der Waals surface area (Å²) in [5.74, 6) is -1.33. The third kappa shape index (κ3) is 4.41. The number of thioether (sulfide) groups is 1. The van der Waals surface area contributed by atoms with Crippen LogP contribution in [0.4, 0.5) is 20.4 Å². The molecule has 0 bridgehead atoms. The van der Waals surface area contributed by atoms with Gasteiger partial charge in [0, 0.05) is 19.2 Å². The number of amides is 1. The topological polar surface area (TPSA) is 63.1 Å². The number of halogens is 3. The Morgan fingerprint density at radius 3 is 2.63 bits per heavy atom. The van der Waals surface area contributed by atoms with Crippen LogP contribution in [0.25, 0.3) is 5.69 Å². The molecule has 30 heavy (non-hydrogen) atoms. The number of rotatable bonds is 6. The highest BCUT2D eigenvalue weighted by Crippen LogP contribution is 2.32. The van der Waals surface area contributed by atoms with Crippen molar-refractivity contribution >= 4 is 40.9 Å². The molecule has 2 heterocycles. The number of aromatic nitrogens is 3. The molecule has 1 aromatic heterocycles. The molecule has 0 unspecified atom stereocenters. The summed E-state index contributed by atoms with van der Waals surface area (Å²) >= 11 is 7.57. The van der Waals surface area contributed by atoms with Crippen LogP contribution in [0.15, 0.2) is 47.6 Å². The molecule has 3 aromatic rings. The fourth-order valence-electron chi connectivity index (χ4n) is 3.23. The van der Waals surface area contributed by atoms with E-state index < -0.39 is 17.5 Å². The normalized spacial score (nSPS) is 13.6. The Labute approximate surface area is 181 Å². The summed E-state index contributed by atoms with van der Waals surface area (Å²) in [7, 11) is 0. The number of hydrogen-bond acceptors (Lipinski definition) is 5. The van der Waals surface area contributed by atoms with Gasteiger partial charge in [0.25, 0.3) is 0 Å². The van der Waals surface area contributed by atoms with E-state index >= 15 is 0 Å². The molecule has 1 fully saturated rings. The van der Waals surface area contributed by atoms with Crippen molar-refractivity contribution in [3.63, 3.8) is 0 Å². The van der Waals surface area contributed by atoms with Crippen LogP contribution in [0.5, 0.6) is 0 Å². The van der Waals surface area contributed by atoms with Crippen LogP contribution in [0.2, 0.25) is 5.02 Å². The van der Waals surface area contributed by atoms with Gasteiger partial charge in [-0.25, -0.2) is 8.78 Å². The zero-order valence-electron chi connectivity index (χ0n) is 15.8. The lowest BCUT2D eigenvalue weighted by atomic mass is 10.3. The number of hydrogen-bond donors (Lipinski definition) is 1. The molecule has 6 nitrogen and oxygen atoms in total. The van der Waals surface area contributed by atoms with Gasteiger partial charge in [-0.15, -0.1) is 10.2 Å². The number of nitrogens with one attached hydrogen (secondary N) is 1. The number of carbonyl (C=O) groups is 1. The molecule has 2 aromatic carbocycles. The minimum atomic E-state index is -0.830. The van der Waals surface area contributed by atoms with E-state index in [1.807, 2.05) is 22.8 Å². The van der Waals surface area contributed by atoms with Crippen LogP contribution < -0.4 is 10.2 Å². The standard InChI is InChI=1S/C20H18ClF2N5OS/c21-14-5-1-2-6-17(14)28-19(27-9-3-4-10-27)25-26-20(28)30-12-18(29)24-16-8-7-13(22)11-15(16)23/h1-2,5-8,11H,3-4,9-10,12H2,(H,24,29). The molecule has 10 heteroatoms. The van der Waals surface area contributed by atoms with Crippen molar-refractivity contribution < 1.29 is 13.6 Å². The lowest BCUT2D eigenvalue weighted by Gasteiger charge is -2.19. The second kappa shape index (κ2) is 9.01. The highest BCUT2D eigenvalue weighted by Gasteiger charge is 2.24. The van der Waals surface area contributed by atoms with Crippen LogP contribution in [0, 0.1) is 11.6 Å². The fourth-order valence-corrected chi connectivity index (χ4v) is 4.19. The molecule has 4 rings (SSSR count). The zero-order valence-corrected chi connectivity index (χ0v) is 17.4. The Kier molecular flexibility index (Phi) is 6.19. The Bertz CT molecular complexity index is 1070. The van der Waals surface area contributed by atoms with Crippen LogP contribution in [0.1, 0.15) is 12.8 Å². The van der Waals surface area contributed by atoms with Crippen LogP contribution in [-0.2, 0) is 4.79 Å². The maximum Gasteiger partial charge on any atom is 0.234 e. The minimum Gasteiger partial charge on any atom is -0.341 e. The Morgan fingerprint density at radius 1 is 1.13 bits per heavy atom. The maximum absolute atomic E-state index is 13.8. The smallest absolute Gasteiger partial charge is 0.234 e. The first kappa shape index (κ1) is 20.6. The lowest BCUT2D eigenvalue weighted by Crippen LogP contribution is -2.22. The summed E-state index contributed by atoms with van der Waals surface area (Å²) in [6, 6.07) is 10.3. The summed E-state index contributed by atoms with van der Waals surface area (Å²) in [5, 5.41) is 12.1. The molecule has 0 spiro atoms. The van der Waals surface area contributed by atoms with Gasteiger partial charge in [-0.1, -0.05) is 35.5 Å². The van der Waals surface area contributed by atoms with Crippen LogP contribution >= 0.6 is 23.4 Å². The van der Waals surface area contributed by atoms with Gasteiger partial charge in [0.2, 0.25) is 11.9 Å². The second-order valence-corrected chi connectivity index (χ2v) is 8.07. The predicted molar refractivity (Wildman–Crippen MR) is 114 cm³/mol. The van der Waals surface area contributed by atoms with Crippen molar-refractivity contribution in [2.45, 2.75) is 18.0 Å². The summed E-state index contributed by atoms with van der Waals surface area (Å²) in [4.78, 5) is 14.4. The summed E-state index contributed by atoms with van der Waals surface area (Å²) in [6.07, 6.45) is 2.15. The van der Waals surface area contributed by atoms with Crippen LogP contribution in [-0.4, -0.2) is 39.5 Å². The van der Waals surface area contributed by atoms with Gasteiger partial charge in [-0.3, -0.25) is 9.36 Å². The molecule has 1 saturated heterocycles. The van der Waals surface area contributed by atoms with Crippen molar-refractivity contribution in [2.75, 3.05) is 29.1 Å². The van der Waals surface area contributed by atoms with Gasteiger partial charge in [-0.05, 0) is 37.1 Å². The average Bonchev–Trinajstić information content (AvgIpc) is 3.38. The summed E-state index contributed by atoms with van der Waals surface area (Å²) in [5.41, 5.74) is 0.644. The molecule has 0 radical (unpaired) electrons. The largest absolute Gasteiger partial charge is 0.341 e. The quantitative estimate of drug-likeness (QED) is 0.560. The molecule has 156 valence electrons. The van der Waals surface area contributed by atoms with Crippen molar-refractivity contribution in [2.24, 2.45) is 0 Å². The zero-order chi connectivity index (χ0) is 21.1.